The Hall–Kier alpha value is -2.93. The minimum absolute atomic E-state index is 0.0747. The van der Waals surface area contributed by atoms with Gasteiger partial charge in [-0.25, -0.2) is 4.98 Å². The van der Waals surface area contributed by atoms with Crippen LogP contribution >= 0.6 is 11.8 Å². The van der Waals surface area contributed by atoms with Crippen LogP contribution in [0.3, 0.4) is 0 Å². The molecule has 2 N–H and O–H groups in total. The van der Waals surface area contributed by atoms with Crippen LogP contribution < -0.4 is 5.32 Å². The van der Waals surface area contributed by atoms with Crippen molar-refractivity contribution in [3.05, 3.63) is 53.6 Å². The summed E-state index contributed by atoms with van der Waals surface area (Å²) < 4.78 is 0. The van der Waals surface area contributed by atoms with Crippen LogP contribution in [0.1, 0.15) is 25.0 Å². The standard InChI is InChI=1S/C21H21N5OS/c1-4-14-9-7-8-12(2)17(14)23-20(27)13(3)28-21-24-19-18(25-26-21)15-10-5-6-11-16(15)22-19/h5-11,13H,4H2,1-3H3,(H,23,27)(H,22,24,26). The van der Waals surface area contributed by atoms with Gasteiger partial charge >= 0.3 is 0 Å². The molecule has 0 saturated carbocycles. The molecular weight excluding hydrogens is 370 g/mol. The number of fused-ring (bicyclic) bond motifs is 3. The number of carbonyl (C=O) groups excluding carboxylic acids is 1. The van der Waals surface area contributed by atoms with Gasteiger partial charge < -0.3 is 10.3 Å². The van der Waals surface area contributed by atoms with Gasteiger partial charge in [0, 0.05) is 16.6 Å². The van der Waals surface area contributed by atoms with Gasteiger partial charge in [0.2, 0.25) is 11.1 Å². The molecule has 6 nitrogen and oxygen atoms in total. The number of anilines is 1. The van der Waals surface area contributed by atoms with Crippen LogP contribution in [0.4, 0.5) is 5.69 Å². The molecule has 2 aromatic heterocycles. The fourth-order valence-corrected chi connectivity index (χ4v) is 3.91. The lowest BCUT2D eigenvalue weighted by Gasteiger charge is -2.15. The highest BCUT2D eigenvalue weighted by Crippen LogP contribution is 2.27. The normalized spacial score (nSPS) is 12.4. The van der Waals surface area contributed by atoms with Crippen molar-refractivity contribution < 1.29 is 4.79 Å². The van der Waals surface area contributed by atoms with E-state index in [-0.39, 0.29) is 11.2 Å². The molecular formula is C21H21N5OS. The molecule has 142 valence electrons. The summed E-state index contributed by atoms with van der Waals surface area (Å²) in [7, 11) is 0. The number of carbonyl (C=O) groups is 1. The van der Waals surface area contributed by atoms with Crippen molar-refractivity contribution in [1.82, 2.24) is 20.2 Å². The SMILES string of the molecule is CCc1cccc(C)c1NC(=O)C(C)Sc1nnc2c(n1)[nH]c1ccccc12. The summed E-state index contributed by atoms with van der Waals surface area (Å²) in [5.74, 6) is -0.0747. The summed E-state index contributed by atoms with van der Waals surface area (Å²) in [6, 6.07) is 13.9. The number of nitrogens with zero attached hydrogens (tertiary/aromatic N) is 3. The van der Waals surface area contributed by atoms with Crippen molar-refractivity contribution in [3.8, 4) is 0 Å². The van der Waals surface area contributed by atoms with Gasteiger partial charge in [0.1, 0.15) is 5.52 Å². The molecule has 0 fully saturated rings. The lowest BCUT2D eigenvalue weighted by atomic mass is 10.1. The van der Waals surface area contributed by atoms with Gasteiger partial charge in [0.05, 0.1) is 5.25 Å². The zero-order chi connectivity index (χ0) is 19.7. The predicted octanol–water partition coefficient (Wildman–Crippen LogP) is 4.50. The first-order chi connectivity index (χ1) is 13.6. The number of H-pyrrole nitrogens is 1. The highest BCUT2D eigenvalue weighted by molar-refractivity contribution is 8.00. The van der Waals surface area contributed by atoms with Crippen molar-refractivity contribution in [2.24, 2.45) is 0 Å². The van der Waals surface area contributed by atoms with E-state index in [4.69, 9.17) is 0 Å². The summed E-state index contributed by atoms with van der Waals surface area (Å²) in [5, 5.41) is 12.7. The topological polar surface area (TPSA) is 83.6 Å². The molecule has 28 heavy (non-hydrogen) atoms. The number of hydrogen-bond donors (Lipinski definition) is 2. The number of amides is 1. The maximum Gasteiger partial charge on any atom is 0.237 e. The molecule has 0 aliphatic rings. The van der Waals surface area contributed by atoms with Gasteiger partial charge in [-0.05, 0) is 37.5 Å². The molecule has 2 aromatic carbocycles. The Kier molecular flexibility index (Phi) is 5.00. The number of aromatic nitrogens is 4. The number of aromatic amines is 1. The first-order valence-corrected chi connectivity index (χ1v) is 10.1. The second-order valence-corrected chi connectivity index (χ2v) is 7.98. The summed E-state index contributed by atoms with van der Waals surface area (Å²) in [6.45, 7) is 5.93. The summed E-state index contributed by atoms with van der Waals surface area (Å²) >= 11 is 1.30. The molecule has 0 saturated heterocycles. The Balaban J connectivity index is 1.54. The number of aryl methyl sites for hydroxylation is 2. The van der Waals surface area contributed by atoms with Crippen LogP contribution in [0.5, 0.6) is 0 Å². The molecule has 7 heteroatoms. The van der Waals surface area contributed by atoms with E-state index in [2.05, 4.69) is 32.4 Å². The third-order valence-corrected chi connectivity index (χ3v) is 5.69. The molecule has 0 aliphatic heterocycles. The van der Waals surface area contributed by atoms with Crippen LogP contribution in [0.15, 0.2) is 47.6 Å². The zero-order valence-corrected chi connectivity index (χ0v) is 16.8. The van der Waals surface area contributed by atoms with Gasteiger partial charge in [0.25, 0.3) is 0 Å². The van der Waals surface area contributed by atoms with Crippen molar-refractivity contribution in [3.63, 3.8) is 0 Å². The first-order valence-electron chi connectivity index (χ1n) is 9.24. The van der Waals surface area contributed by atoms with Gasteiger partial charge in [-0.3, -0.25) is 4.79 Å². The molecule has 1 amide bonds. The van der Waals surface area contributed by atoms with Gasteiger partial charge in [0.15, 0.2) is 5.65 Å². The van der Waals surface area contributed by atoms with Crippen LogP contribution in [0.2, 0.25) is 0 Å². The van der Waals surface area contributed by atoms with Crippen LogP contribution in [0, 0.1) is 6.92 Å². The fraction of sp³-hybridized carbons (Fsp3) is 0.238. The van der Waals surface area contributed by atoms with E-state index >= 15 is 0 Å². The molecule has 1 unspecified atom stereocenters. The Morgan fingerprint density at radius 1 is 1.18 bits per heavy atom. The number of hydrogen-bond acceptors (Lipinski definition) is 5. The number of rotatable bonds is 5. The van der Waals surface area contributed by atoms with E-state index in [0.29, 0.717) is 10.8 Å². The van der Waals surface area contributed by atoms with Crippen molar-refractivity contribution in [2.45, 2.75) is 37.6 Å². The molecule has 4 rings (SSSR count). The number of thioether (sulfide) groups is 1. The molecule has 0 aliphatic carbocycles. The van der Waals surface area contributed by atoms with Gasteiger partial charge in [-0.1, -0.05) is 55.1 Å². The van der Waals surface area contributed by atoms with Crippen molar-refractivity contribution in [1.29, 1.82) is 0 Å². The average molecular weight is 392 g/mol. The first kappa shape index (κ1) is 18.4. The van der Waals surface area contributed by atoms with Crippen molar-refractivity contribution >= 4 is 45.4 Å². The fourth-order valence-electron chi connectivity index (χ4n) is 3.19. The number of para-hydroxylation sites is 2. The van der Waals surface area contributed by atoms with E-state index in [1.54, 1.807) is 0 Å². The minimum Gasteiger partial charge on any atom is -0.338 e. The van der Waals surface area contributed by atoms with Crippen LogP contribution in [-0.2, 0) is 11.2 Å². The molecule has 0 bridgehead atoms. The maximum atomic E-state index is 12.7. The lowest BCUT2D eigenvalue weighted by molar-refractivity contribution is -0.115. The van der Waals surface area contributed by atoms with Crippen molar-refractivity contribution in [2.75, 3.05) is 5.32 Å². The minimum atomic E-state index is -0.354. The summed E-state index contributed by atoms with van der Waals surface area (Å²) in [4.78, 5) is 20.5. The Bertz CT molecular complexity index is 1170. The molecule has 0 spiro atoms. The smallest absolute Gasteiger partial charge is 0.237 e. The van der Waals surface area contributed by atoms with E-state index in [1.807, 2.05) is 56.3 Å². The monoisotopic (exact) mass is 391 g/mol. The molecule has 0 radical (unpaired) electrons. The van der Waals surface area contributed by atoms with Crippen LogP contribution in [0.25, 0.3) is 22.1 Å². The maximum absolute atomic E-state index is 12.7. The van der Waals surface area contributed by atoms with Gasteiger partial charge in [-0.2, -0.15) is 0 Å². The highest BCUT2D eigenvalue weighted by atomic mass is 32.2. The van der Waals surface area contributed by atoms with Crippen LogP contribution in [-0.4, -0.2) is 31.3 Å². The third kappa shape index (κ3) is 3.45. The summed E-state index contributed by atoms with van der Waals surface area (Å²) in [5.41, 5.74) is 5.47. The quantitative estimate of drug-likeness (QED) is 0.490. The van der Waals surface area contributed by atoms with E-state index < -0.39 is 0 Å². The number of nitrogens with one attached hydrogen (secondary N) is 2. The molecule has 2 heterocycles. The Morgan fingerprint density at radius 3 is 2.82 bits per heavy atom. The third-order valence-electron chi connectivity index (χ3n) is 4.74. The lowest BCUT2D eigenvalue weighted by Crippen LogP contribution is -2.24. The predicted molar refractivity (Wildman–Crippen MR) is 114 cm³/mol. The Morgan fingerprint density at radius 2 is 2.00 bits per heavy atom. The molecule has 1 atom stereocenters. The summed E-state index contributed by atoms with van der Waals surface area (Å²) in [6.07, 6.45) is 0.864. The van der Waals surface area contributed by atoms with E-state index in [9.17, 15) is 4.79 Å². The Labute approximate surface area is 167 Å². The molecule has 4 aromatic rings. The van der Waals surface area contributed by atoms with E-state index in [1.165, 1.54) is 11.8 Å². The van der Waals surface area contributed by atoms with Gasteiger partial charge in [-0.15, -0.1) is 10.2 Å². The second-order valence-electron chi connectivity index (χ2n) is 6.67. The van der Waals surface area contributed by atoms with E-state index in [0.717, 1.165) is 39.7 Å². The average Bonchev–Trinajstić information content (AvgIpc) is 3.07. The second kappa shape index (κ2) is 7.59. The largest absolute Gasteiger partial charge is 0.338 e. The number of benzene rings is 2. The zero-order valence-electron chi connectivity index (χ0n) is 16.0. The highest BCUT2D eigenvalue weighted by Gasteiger charge is 2.19.